The average molecular weight is 605 g/mol. The van der Waals surface area contributed by atoms with E-state index in [9.17, 15) is 14.4 Å². The van der Waals surface area contributed by atoms with Crippen LogP contribution in [0.3, 0.4) is 0 Å². The first-order valence-electron chi connectivity index (χ1n) is 15.3. The third kappa shape index (κ3) is 8.21. The Morgan fingerprint density at radius 1 is 1.02 bits per heavy atom. The highest BCUT2D eigenvalue weighted by Gasteiger charge is 2.29. The van der Waals surface area contributed by atoms with Gasteiger partial charge in [-0.1, -0.05) is 49.8 Å². The summed E-state index contributed by atoms with van der Waals surface area (Å²) >= 11 is 0. The molecule has 0 fully saturated rings. The Bertz CT molecular complexity index is 1550. The van der Waals surface area contributed by atoms with Crippen molar-refractivity contribution in [3.8, 4) is 11.5 Å². The molecule has 0 N–H and O–H groups in total. The number of rotatable bonds is 12. The standard InChI is InChI=1S/C35H44N2O7/c1-7-10-26(37(34(40)44-35(3,4)5)23-25-14-16-30-31(21-25)43-20-19-42-30)15-13-24(2)17-18-36-29-12-9-8-11-27(29)28(22-32(36)38)33(39)41-6/h8-9,11-12,14,16,21-22,26H,2,7,10,13,15,17-20,23H2,1,3-6H3. The van der Waals surface area contributed by atoms with E-state index < -0.39 is 11.6 Å². The topological polar surface area (TPSA) is 96.3 Å². The first-order chi connectivity index (χ1) is 21.0. The van der Waals surface area contributed by atoms with Gasteiger partial charge in [0.05, 0.1) is 18.2 Å². The molecule has 1 amide bonds. The molecule has 1 unspecified atom stereocenters. The minimum absolute atomic E-state index is 0.0808. The van der Waals surface area contributed by atoms with E-state index in [4.69, 9.17) is 18.9 Å². The largest absolute Gasteiger partial charge is 0.486 e. The van der Waals surface area contributed by atoms with Crippen LogP contribution < -0.4 is 15.0 Å². The second kappa shape index (κ2) is 14.5. The maximum absolute atomic E-state index is 13.5. The Labute approximate surface area is 259 Å². The van der Waals surface area contributed by atoms with Gasteiger partial charge in [0.25, 0.3) is 5.56 Å². The van der Waals surface area contributed by atoms with Gasteiger partial charge in [-0.25, -0.2) is 9.59 Å². The second-order valence-electron chi connectivity index (χ2n) is 12.1. The number of benzene rings is 2. The van der Waals surface area contributed by atoms with Crippen molar-refractivity contribution in [3.63, 3.8) is 0 Å². The number of nitrogens with zero attached hydrogens (tertiary/aromatic N) is 2. The van der Waals surface area contributed by atoms with E-state index in [0.29, 0.717) is 68.0 Å². The Morgan fingerprint density at radius 2 is 1.75 bits per heavy atom. The van der Waals surface area contributed by atoms with E-state index in [-0.39, 0.29) is 23.3 Å². The summed E-state index contributed by atoms with van der Waals surface area (Å²) in [6.45, 7) is 13.8. The highest BCUT2D eigenvalue weighted by molar-refractivity contribution is 6.03. The van der Waals surface area contributed by atoms with Gasteiger partial charge in [-0.3, -0.25) is 4.79 Å². The van der Waals surface area contributed by atoms with Gasteiger partial charge in [0, 0.05) is 30.6 Å². The summed E-state index contributed by atoms with van der Waals surface area (Å²) < 4.78 is 23.9. The molecule has 1 aliphatic rings. The molecule has 0 saturated carbocycles. The summed E-state index contributed by atoms with van der Waals surface area (Å²) in [7, 11) is 1.30. The van der Waals surface area contributed by atoms with Gasteiger partial charge in [0.15, 0.2) is 11.5 Å². The van der Waals surface area contributed by atoms with Crippen LogP contribution in [0.5, 0.6) is 11.5 Å². The molecule has 3 aromatic rings. The summed E-state index contributed by atoms with van der Waals surface area (Å²) in [6, 6.07) is 14.4. The SMILES string of the molecule is C=C(CCC(CCC)N(Cc1ccc2c(c1)OCCO2)C(=O)OC(C)(C)C)CCn1c(=O)cc(C(=O)OC)c2ccccc21. The number of pyridine rings is 1. The molecule has 2 heterocycles. The number of aromatic nitrogens is 1. The Morgan fingerprint density at radius 3 is 2.45 bits per heavy atom. The molecule has 0 saturated heterocycles. The van der Waals surface area contributed by atoms with Crippen LogP contribution in [0.2, 0.25) is 0 Å². The number of hydrogen-bond donors (Lipinski definition) is 0. The van der Waals surface area contributed by atoms with Crippen molar-refractivity contribution in [1.29, 1.82) is 0 Å². The van der Waals surface area contributed by atoms with Gasteiger partial charge in [-0.2, -0.15) is 0 Å². The molecule has 1 atom stereocenters. The van der Waals surface area contributed by atoms with E-state index >= 15 is 0 Å². The van der Waals surface area contributed by atoms with Crippen LogP contribution in [0, 0.1) is 0 Å². The third-order valence-corrected chi connectivity index (χ3v) is 7.59. The fourth-order valence-electron chi connectivity index (χ4n) is 5.45. The number of carbonyl (C=O) groups is 2. The lowest BCUT2D eigenvalue weighted by Crippen LogP contribution is -2.43. The number of allylic oxidation sites excluding steroid dienone is 1. The van der Waals surface area contributed by atoms with E-state index in [1.807, 2.05) is 68.1 Å². The lowest BCUT2D eigenvalue weighted by Gasteiger charge is -2.34. The van der Waals surface area contributed by atoms with Gasteiger partial charge in [-0.05, 0) is 70.2 Å². The predicted molar refractivity (Wildman–Crippen MR) is 170 cm³/mol. The molecule has 1 aromatic heterocycles. The number of methoxy groups -OCH3 is 1. The van der Waals surface area contributed by atoms with Crippen molar-refractivity contribution in [2.45, 2.75) is 84.5 Å². The predicted octanol–water partition coefficient (Wildman–Crippen LogP) is 6.89. The molecule has 2 aromatic carbocycles. The molecule has 0 spiro atoms. The fraction of sp³-hybridized carbons (Fsp3) is 0.457. The van der Waals surface area contributed by atoms with Gasteiger partial charge in [-0.15, -0.1) is 0 Å². The lowest BCUT2D eigenvalue weighted by molar-refractivity contribution is 0.0119. The normalized spacial score (nSPS) is 13.3. The van der Waals surface area contributed by atoms with Crippen LogP contribution in [-0.4, -0.2) is 53.5 Å². The van der Waals surface area contributed by atoms with Crippen molar-refractivity contribution in [1.82, 2.24) is 9.47 Å². The third-order valence-electron chi connectivity index (χ3n) is 7.59. The lowest BCUT2D eigenvalue weighted by atomic mass is 9.99. The van der Waals surface area contributed by atoms with Crippen LogP contribution in [-0.2, 0) is 22.6 Å². The molecular weight excluding hydrogens is 560 g/mol. The van der Waals surface area contributed by atoms with Gasteiger partial charge in [0.2, 0.25) is 0 Å². The molecule has 0 radical (unpaired) electrons. The second-order valence-corrected chi connectivity index (χ2v) is 12.1. The molecule has 9 heteroatoms. The Hall–Kier alpha value is -4.27. The number of para-hydroxylation sites is 1. The first kappa shape index (κ1) is 32.6. The molecule has 1 aliphatic heterocycles. The summed E-state index contributed by atoms with van der Waals surface area (Å²) in [5.74, 6) is 0.848. The minimum atomic E-state index is -0.637. The van der Waals surface area contributed by atoms with Crippen molar-refractivity contribution < 1.29 is 28.5 Å². The molecule has 236 valence electrons. The first-order valence-corrected chi connectivity index (χ1v) is 15.3. The highest BCUT2D eigenvalue weighted by Crippen LogP contribution is 2.32. The van der Waals surface area contributed by atoms with Crippen LogP contribution in [0.4, 0.5) is 4.79 Å². The summed E-state index contributed by atoms with van der Waals surface area (Å²) in [5.41, 5.74) is 1.93. The van der Waals surface area contributed by atoms with Crippen molar-refractivity contribution in [2.75, 3.05) is 20.3 Å². The van der Waals surface area contributed by atoms with Crippen LogP contribution in [0.25, 0.3) is 10.9 Å². The van der Waals surface area contributed by atoms with Crippen LogP contribution >= 0.6 is 0 Å². The van der Waals surface area contributed by atoms with E-state index in [1.54, 1.807) is 4.57 Å². The van der Waals surface area contributed by atoms with Crippen molar-refractivity contribution in [3.05, 3.63) is 82.2 Å². The molecule has 0 aliphatic carbocycles. The summed E-state index contributed by atoms with van der Waals surface area (Å²) in [5, 5.41) is 0.666. The zero-order valence-electron chi connectivity index (χ0n) is 26.5. The molecular formula is C35H44N2O7. The Kier molecular flexibility index (Phi) is 10.7. The van der Waals surface area contributed by atoms with Gasteiger partial charge < -0.3 is 28.4 Å². The van der Waals surface area contributed by atoms with Crippen molar-refractivity contribution >= 4 is 23.0 Å². The average Bonchev–Trinajstić information content (AvgIpc) is 2.99. The maximum atomic E-state index is 13.5. The number of amides is 1. The smallest absolute Gasteiger partial charge is 0.410 e. The minimum Gasteiger partial charge on any atom is -0.486 e. The number of carbonyl (C=O) groups excluding carboxylic acids is 2. The Balaban J connectivity index is 1.49. The van der Waals surface area contributed by atoms with E-state index in [1.165, 1.54) is 13.2 Å². The number of ether oxygens (including phenoxy) is 4. The summed E-state index contributed by atoms with van der Waals surface area (Å²) in [4.78, 5) is 40.7. The fourth-order valence-corrected chi connectivity index (χ4v) is 5.45. The van der Waals surface area contributed by atoms with E-state index in [2.05, 4.69) is 13.5 Å². The van der Waals surface area contributed by atoms with Gasteiger partial charge in [0.1, 0.15) is 18.8 Å². The summed E-state index contributed by atoms with van der Waals surface area (Å²) in [6.07, 6.45) is 3.29. The van der Waals surface area contributed by atoms with Crippen LogP contribution in [0.15, 0.2) is 65.5 Å². The van der Waals surface area contributed by atoms with Crippen molar-refractivity contribution in [2.24, 2.45) is 0 Å². The maximum Gasteiger partial charge on any atom is 0.410 e. The molecule has 44 heavy (non-hydrogen) atoms. The molecule has 9 nitrogen and oxygen atoms in total. The quantitative estimate of drug-likeness (QED) is 0.164. The molecule has 0 bridgehead atoms. The zero-order chi connectivity index (χ0) is 31.9. The molecule has 4 rings (SSSR count). The number of aryl methyl sites for hydroxylation is 1. The monoisotopic (exact) mass is 604 g/mol. The number of hydrogen-bond acceptors (Lipinski definition) is 7. The van der Waals surface area contributed by atoms with Crippen LogP contribution in [0.1, 0.15) is 75.7 Å². The van der Waals surface area contributed by atoms with Gasteiger partial charge >= 0.3 is 12.1 Å². The number of fused-ring (bicyclic) bond motifs is 2. The highest BCUT2D eigenvalue weighted by atomic mass is 16.6. The van der Waals surface area contributed by atoms with E-state index in [0.717, 1.165) is 24.0 Å². The number of esters is 1. The zero-order valence-corrected chi connectivity index (χ0v) is 26.5.